The third kappa shape index (κ3) is 4.61. The van der Waals surface area contributed by atoms with Gasteiger partial charge in [0, 0.05) is 43.3 Å². The monoisotopic (exact) mass is 422 g/mol. The van der Waals surface area contributed by atoms with Gasteiger partial charge in [-0.3, -0.25) is 4.98 Å². The highest BCUT2D eigenvalue weighted by Gasteiger charge is 2.24. The molecule has 3 heterocycles. The Bertz CT molecular complexity index is 1020. The van der Waals surface area contributed by atoms with Gasteiger partial charge < -0.3 is 24.8 Å². The maximum Gasteiger partial charge on any atom is 0.223 e. The molecule has 0 bridgehead atoms. The lowest BCUT2D eigenvalue weighted by Crippen LogP contribution is -2.36. The van der Waals surface area contributed by atoms with Crippen LogP contribution in [-0.2, 0) is 4.74 Å². The summed E-state index contributed by atoms with van der Waals surface area (Å²) in [4.78, 5) is 19.6. The third-order valence-corrected chi connectivity index (χ3v) is 5.84. The highest BCUT2D eigenvalue weighted by molar-refractivity contribution is 5.85. The molecule has 2 N–H and O–H groups in total. The van der Waals surface area contributed by atoms with Gasteiger partial charge in [-0.2, -0.15) is 0 Å². The van der Waals surface area contributed by atoms with Crippen molar-refractivity contribution in [2.75, 3.05) is 36.5 Å². The molecule has 9 heteroatoms. The minimum Gasteiger partial charge on any atom is -0.505 e. The molecular formula is C22H26N6O3. The molecule has 162 valence electrons. The van der Waals surface area contributed by atoms with Crippen molar-refractivity contribution >= 4 is 22.7 Å². The van der Waals surface area contributed by atoms with Crippen LogP contribution in [0.1, 0.15) is 25.7 Å². The number of hydrogen-bond donors (Lipinski definition) is 2. The van der Waals surface area contributed by atoms with Crippen molar-refractivity contribution in [3.63, 3.8) is 0 Å². The molecule has 2 aromatic heterocycles. The van der Waals surface area contributed by atoms with Crippen LogP contribution in [0.2, 0.25) is 0 Å². The predicted molar refractivity (Wildman–Crippen MR) is 117 cm³/mol. The Morgan fingerprint density at radius 2 is 1.71 bits per heavy atom. The number of aromatic hydroxyl groups is 1. The largest absolute Gasteiger partial charge is 0.505 e. The first-order valence-corrected chi connectivity index (χ1v) is 10.8. The minimum atomic E-state index is 0.0669. The van der Waals surface area contributed by atoms with E-state index in [2.05, 4.69) is 42.3 Å². The standard InChI is InChI=1S/C22H26N6O3/c29-17-13-25-22(26-14-17)27-15-1-3-18(4-2-15)31-20-12-16(28-7-9-30-10-8-28)11-19-21(20)24-6-5-23-19/h5-6,11-15,18,29H,1-4,7-10H2,(H,25,26,27). The van der Waals surface area contributed by atoms with Crippen LogP contribution in [0.25, 0.3) is 11.0 Å². The molecule has 0 spiro atoms. The Morgan fingerprint density at radius 1 is 0.968 bits per heavy atom. The van der Waals surface area contributed by atoms with E-state index >= 15 is 0 Å². The summed E-state index contributed by atoms with van der Waals surface area (Å²) in [5.41, 5.74) is 2.75. The number of morpholine rings is 1. The summed E-state index contributed by atoms with van der Waals surface area (Å²) in [6, 6.07) is 4.47. The normalized spacial score (nSPS) is 21.7. The van der Waals surface area contributed by atoms with E-state index < -0.39 is 0 Å². The van der Waals surface area contributed by atoms with Gasteiger partial charge in [-0.1, -0.05) is 0 Å². The highest BCUT2D eigenvalue weighted by Crippen LogP contribution is 2.33. The van der Waals surface area contributed by atoms with Crippen LogP contribution in [0.5, 0.6) is 11.5 Å². The second kappa shape index (κ2) is 8.89. The lowest BCUT2D eigenvalue weighted by molar-refractivity contribution is 0.122. The number of fused-ring (bicyclic) bond motifs is 1. The van der Waals surface area contributed by atoms with Crippen LogP contribution in [0, 0.1) is 0 Å². The maximum absolute atomic E-state index is 9.33. The zero-order valence-electron chi connectivity index (χ0n) is 17.3. The number of benzene rings is 1. The van der Waals surface area contributed by atoms with Crippen LogP contribution < -0.4 is 15.0 Å². The van der Waals surface area contributed by atoms with E-state index in [1.807, 2.05) is 0 Å². The summed E-state index contributed by atoms with van der Waals surface area (Å²) in [7, 11) is 0. The predicted octanol–water partition coefficient (Wildman–Crippen LogP) is 2.76. The van der Waals surface area contributed by atoms with Gasteiger partial charge in [0.15, 0.2) is 5.75 Å². The Morgan fingerprint density at radius 3 is 2.48 bits per heavy atom. The van der Waals surface area contributed by atoms with E-state index in [-0.39, 0.29) is 11.9 Å². The van der Waals surface area contributed by atoms with Crippen molar-refractivity contribution < 1.29 is 14.6 Å². The van der Waals surface area contributed by atoms with Crippen LogP contribution in [0.3, 0.4) is 0 Å². The second-order valence-corrected chi connectivity index (χ2v) is 7.97. The van der Waals surface area contributed by atoms with Gasteiger partial charge in [-0.15, -0.1) is 0 Å². The fourth-order valence-corrected chi connectivity index (χ4v) is 4.21. The van der Waals surface area contributed by atoms with Crippen molar-refractivity contribution in [3.8, 4) is 11.5 Å². The molecule has 5 rings (SSSR count). The molecule has 1 saturated heterocycles. The summed E-state index contributed by atoms with van der Waals surface area (Å²) in [6.07, 6.45) is 10.1. The minimum absolute atomic E-state index is 0.0669. The number of aromatic nitrogens is 4. The molecule has 1 aliphatic heterocycles. The topological polar surface area (TPSA) is 106 Å². The number of anilines is 2. The fraction of sp³-hybridized carbons (Fsp3) is 0.455. The van der Waals surface area contributed by atoms with Gasteiger partial charge in [0.25, 0.3) is 0 Å². The van der Waals surface area contributed by atoms with E-state index in [1.165, 1.54) is 12.4 Å². The third-order valence-electron chi connectivity index (χ3n) is 5.84. The Labute approximate surface area is 180 Å². The van der Waals surface area contributed by atoms with E-state index in [0.29, 0.717) is 12.0 Å². The first-order chi connectivity index (χ1) is 15.2. The highest BCUT2D eigenvalue weighted by atomic mass is 16.5. The van der Waals surface area contributed by atoms with Gasteiger partial charge in [0.1, 0.15) is 11.3 Å². The average Bonchev–Trinajstić information content (AvgIpc) is 2.82. The van der Waals surface area contributed by atoms with Gasteiger partial charge in [0.2, 0.25) is 5.95 Å². The summed E-state index contributed by atoms with van der Waals surface area (Å²) < 4.78 is 12.0. The molecular weight excluding hydrogens is 396 g/mol. The Balaban J connectivity index is 1.27. The Kier molecular flexibility index (Phi) is 5.66. The first kappa shape index (κ1) is 19.7. The van der Waals surface area contributed by atoms with Crippen LogP contribution >= 0.6 is 0 Å². The van der Waals surface area contributed by atoms with E-state index in [9.17, 15) is 5.11 Å². The summed E-state index contributed by atoms with van der Waals surface area (Å²) >= 11 is 0. The number of rotatable bonds is 5. The maximum atomic E-state index is 9.33. The van der Waals surface area contributed by atoms with E-state index in [1.54, 1.807) is 12.4 Å². The molecule has 0 amide bonds. The zero-order valence-corrected chi connectivity index (χ0v) is 17.3. The molecule has 2 fully saturated rings. The summed E-state index contributed by atoms with van der Waals surface area (Å²) in [6.45, 7) is 3.19. The average molecular weight is 422 g/mol. The van der Waals surface area contributed by atoms with Gasteiger partial charge in [-0.25, -0.2) is 15.0 Å². The summed E-state index contributed by atoms with van der Waals surface area (Å²) in [5, 5.41) is 12.7. The first-order valence-electron chi connectivity index (χ1n) is 10.8. The lowest BCUT2D eigenvalue weighted by atomic mass is 9.93. The smallest absolute Gasteiger partial charge is 0.223 e. The second-order valence-electron chi connectivity index (χ2n) is 7.97. The molecule has 0 radical (unpaired) electrons. The van der Waals surface area contributed by atoms with Crippen LogP contribution in [0.4, 0.5) is 11.6 Å². The van der Waals surface area contributed by atoms with Crippen molar-refractivity contribution in [1.29, 1.82) is 0 Å². The van der Waals surface area contributed by atoms with Crippen molar-refractivity contribution in [2.45, 2.75) is 37.8 Å². The fourth-order valence-electron chi connectivity index (χ4n) is 4.21. The molecule has 3 aromatic rings. The van der Waals surface area contributed by atoms with Crippen molar-refractivity contribution in [3.05, 3.63) is 36.9 Å². The molecule has 1 aromatic carbocycles. The molecule has 2 aliphatic rings. The number of hydrogen-bond acceptors (Lipinski definition) is 9. The van der Waals surface area contributed by atoms with Gasteiger partial charge in [-0.05, 0) is 31.7 Å². The van der Waals surface area contributed by atoms with Crippen molar-refractivity contribution in [1.82, 2.24) is 19.9 Å². The number of nitrogens with zero attached hydrogens (tertiary/aromatic N) is 5. The Hall–Kier alpha value is -3.20. The number of nitrogens with one attached hydrogen (secondary N) is 1. The van der Waals surface area contributed by atoms with Crippen molar-refractivity contribution in [2.24, 2.45) is 0 Å². The molecule has 0 atom stereocenters. The molecule has 1 saturated carbocycles. The van der Waals surface area contributed by atoms with Gasteiger partial charge >= 0.3 is 0 Å². The van der Waals surface area contributed by atoms with E-state index in [4.69, 9.17) is 9.47 Å². The molecule has 0 unspecified atom stereocenters. The van der Waals surface area contributed by atoms with Crippen LogP contribution in [-0.4, -0.2) is 63.5 Å². The molecule has 9 nitrogen and oxygen atoms in total. The molecule has 31 heavy (non-hydrogen) atoms. The zero-order chi connectivity index (χ0) is 21.0. The molecule has 1 aliphatic carbocycles. The van der Waals surface area contributed by atoms with Gasteiger partial charge in [0.05, 0.1) is 37.2 Å². The summed E-state index contributed by atoms with van der Waals surface area (Å²) in [5.74, 6) is 1.41. The quantitative estimate of drug-likeness (QED) is 0.642. The SMILES string of the molecule is Oc1cnc(NC2CCC(Oc3cc(N4CCOCC4)cc4nccnc34)CC2)nc1. The van der Waals surface area contributed by atoms with Crippen LogP contribution in [0.15, 0.2) is 36.9 Å². The lowest BCUT2D eigenvalue weighted by Gasteiger charge is -2.31. The number of ether oxygens (including phenoxy) is 2. The van der Waals surface area contributed by atoms with E-state index in [0.717, 1.165) is 74.5 Å².